The normalized spacial score (nSPS) is 15.7. The van der Waals surface area contributed by atoms with Crippen molar-refractivity contribution in [3.05, 3.63) is 0 Å². The average molecular weight is 211 g/mol. The van der Waals surface area contributed by atoms with Gasteiger partial charge in [-0.05, 0) is 43.4 Å². The van der Waals surface area contributed by atoms with E-state index in [9.17, 15) is 0 Å². The van der Waals surface area contributed by atoms with E-state index in [-0.39, 0.29) is 0 Å². The van der Waals surface area contributed by atoms with Crippen LogP contribution in [0.25, 0.3) is 0 Å². The van der Waals surface area contributed by atoms with E-state index in [0.29, 0.717) is 23.7 Å². The molecule has 0 heterocycles. The number of rotatable bonds is 7. The third-order valence-electron chi connectivity index (χ3n) is 3.28. The van der Waals surface area contributed by atoms with Gasteiger partial charge in [-0.25, -0.2) is 0 Å². The van der Waals surface area contributed by atoms with Crippen LogP contribution in [0.4, 0.5) is 0 Å². The standard InChI is InChI=1S/C14H29N/c1-7-8-13(11(4)5)14(12(6)15)9-10(2)3/h10-11,13-15H,7-9H2,1-6H3/t13-,14?/m1/s1. The molecule has 1 N–H and O–H groups in total. The van der Waals surface area contributed by atoms with Gasteiger partial charge in [0, 0.05) is 5.71 Å². The summed E-state index contributed by atoms with van der Waals surface area (Å²) < 4.78 is 0. The zero-order valence-electron chi connectivity index (χ0n) is 11.4. The fourth-order valence-corrected chi connectivity index (χ4v) is 2.51. The second-order valence-corrected chi connectivity index (χ2v) is 5.62. The third-order valence-corrected chi connectivity index (χ3v) is 3.28. The van der Waals surface area contributed by atoms with Crippen LogP contribution in [-0.2, 0) is 0 Å². The van der Waals surface area contributed by atoms with E-state index in [4.69, 9.17) is 5.41 Å². The van der Waals surface area contributed by atoms with Gasteiger partial charge in [0.25, 0.3) is 0 Å². The number of hydrogen-bond donors (Lipinski definition) is 1. The maximum atomic E-state index is 7.95. The molecule has 2 atom stereocenters. The van der Waals surface area contributed by atoms with Crippen molar-refractivity contribution >= 4 is 5.71 Å². The van der Waals surface area contributed by atoms with Gasteiger partial charge in [0.1, 0.15) is 0 Å². The highest BCUT2D eigenvalue weighted by molar-refractivity contribution is 5.81. The molecule has 15 heavy (non-hydrogen) atoms. The topological polar surface area (TPSA) is 23.9 Å². The summed E-state index contributed by atoms with van der Waals surface area (Å²) in [5.74, 6) is 2.61. The minimum Gasteiger partial charge on any atom is -0.310 e. The maximum Gasteiger partial charge on any atom is 0.00920 e. The first-order valence-corrected chi connectivity index (χ1v) is 6.45. The molecule has 0 saturated carbocycles. The van der Waals surface area contributed by atoms with E-state index < -0.39 is 0 Å². The van der Waals surface area contributed by atoms with Crippen LogP contribution in [-0.4, -0.2) is 5.71 Å². The highest BCUT2D eigenvalue weighted by Crippen LogP contribution is 2.31. The molecular formula is C14H29N. The van der Waals surface area contributed by atoms with Crippen LogP contribution in [0.15, 0.2) is 0 Å². The van der Waals surface area contributed by atoms with Crippen LogP contribution >= 0.6 is 0 Å². The summed E-state index contributed by atoms with van der Waals surface area (Å²) in [7, 11) is 0. The molecule has 1 nitrogen and oxygen atoms in total. The van der Waals surface area contributed by atoms with Gasteiger partial charge in [0.05, 0.1) is 0 Å². The first-order valence-electron chi connectivity index (χ1n) is 6.45. The molecule has 0 bridgehead atoms. The Labute approximate surface area is 96.2 Å². The van der Waals surface area contributed by atoms with Gasteiger partial charge in [0.15, 0.2) is 0 Å². The van der Waals surface area contributed by atoms with E-state index in [1.165, 1.54) is 19.3 Å². The Morgan fingerprint density at radius 1 is 1.13 bits per heavy atom. The molecule has 0 amide bonds. The van der Waals surface area contributed by atoms with Crippen molar-refractivity contribution in [1.29, 1.82) is 5.41 Å². The van der Waals surface area contributed by atoms with Gasteiger partial charge in [0.2, 0.25) is 0 Å². The lowest BCUT2D eigenvalue weighted by atomic mass is 9.74. The van der Waals surface area contributed by atoms with E-state index in [0.717, 1.165) is 5.71 Å². The average Bonchev–Trinajstić information content (AvgIpc) is 2.09. The van der Waals surface area contributed by atoms with Crippen LogP contribution in [0, 0.1) is 29.1 Å². The van der Waals surface area contributed by atoms with Gasteiger partial charge in [-0.1, -0.05) is 41.0 Å². The minimum absolute atomic E-state index is 0.505. The molecule has 1 heteroatoms. The molecule has 1 unspecified atom stereocenters. The maximum absolute atomic E-state index is 7.95. The Morgan fingerprint density at radius 2 is 1.67 bits per heavy atom. The summed E-state index contributed by atoms with van der Waals surface area (Å²) in [6.07, 6.45) is 3.69. The molecule has 0 aliphatic rings. The highest BCUT2D eigenvalue weighted by atomic mass is 14.5. The zero-order chi connectivity index (χ0) is 12.0. The van der Waals surface area contributed by atoms with Crippen molar-refractivity contribution in [2.45, 2.75) is 60.8 Å². The SMILES string of the molecule is CCC[C@H](C(C)C)C(CC(C)C)C(C)=N. The Morgan fingerprint density at radius 3 is 1.93 bits per heavy atom. The molecule has 0 aliphatic heterocycles. The Bertz CT molecular complexity index is 182. The quantitative estimate of drug-likeness (QED) is 0.587. The van der Waals surface area contributed by atoms with Gasteiger partial charge < -0.3 is 5.41 Å². The molecule has 90 valence electrons. The van der Waals surface area contributed by atoms with E-state index >= 15 is 0 Å². The largest absolute Gasteiger partial charge is 0.310 e. The fraction of sp³-hybridized carbons (Fsp3) is 0.929. The Kier molecular flexibility index (Phi) is 6.87. The van der Waals surface area contributed by atoms with Gasteiger partial charge in [-0.15, -0.1) is 0 Å². The van der Waals surface area contributed by atoms with Gasteiger partial charge >= 0.3 is 0 Å². The van der Waals surface area contributed by atoms with Crippen molar-refractivity contribution in [3.8, 4) is 0 Å². The second-order valence-electron chi connectivity index (χ2n) is 5.62. The Hall–Kier alpha value is -0.330. The monoisotopic (exact) mass is 211 g/mol. The highest BCUT2D eigenvalue weighted by Gasteiger charge is 2.25. The summed E-state index contributed by atoms with van der Waals surface area (Å²) >= 11 is 0. The van der Waals surface area contributed by atoms with E-state index in [1.807, 2.05) is 6.92 Å². The lowest BCUT2D eigenvalue weighted by Crippen LogP contribution is -2.27. The van der Waals surface area contributed by atoms with Crippen molar-refractivity contribution in [2.75, 3.05) is 0 Å². The summed E-state index contributed by atoms with van der Waals surface area (Å²) in [6.45, 7) is 13.4. The molecular weight excluding hydrogens is 182 g/mol. The van der Waals surface area contributed by atoms with Crippen molar-refractivity contribution < 1.29 is 0 Å². The fourth-order valence-electron chi connectivity index (χ4n) is 2.51. The molecule has 0 aromatic heterocycles. The summed E-state index contributed by atoms with van der Waals surface area (Å²) in [4.78, 5) is 0. The number of hydrogen-bond acceptors (Lipinski definition) is 1. The minimum atomic E-state index is 0.505. The van der Waals surface area contributed by atoms with Crippen LogP contribution in [0.1, 0.15) is 60.8 Å². The molecule has 0 aromatic rings. The third kappa shape index (κ3) is 5.34. The van der Waals surface area contributed by atoms with E-state index in [1.54, 1.807) is 0 Å². The zero-order valence-corrected chi connectivity index (χ0v) is 11.4. The van der Waals surface area contributed by atoms with Gasteiger partial charge in [-0.2, -0.15) is 0 Å². The molecule has 0 radical (unpaired) electrons. The van der Waals surface area contributed by atoms with Crippen LogP contribution in [0.3, 0.4) is 0 Å². The van der Waals surface area contributed by atoms with Crippen LogP contribution < -0.4 is 0 Å². The molecule has 0 spiro atoms. The summed E-state index contributed by atoms with van der Waals surface area (Å²) in [5, 5.41) is 7.95. The van der Waals surface area contributed by atoms with Crippen molar-refractivity contribution in [3.63, 3.8) is 0 Å². The number of nitrogens with one attached hydrogen (secondary N) is 1. The van der Waals surface area contributed by atoms with E-state index in [2.05, 4.69) is 34.6 Å². The van der Waals surface area contributed by atoms with Crippen LogP contribution in [0.5, 0.6) is 0 Å². The Balaban J connectivity index is 4.59. The smallest absolute Gasteiger partial charge is 0.00920 e. The first kappa shape index (κ1) is 14.7. The molecule has 0 aliphatic carbocycles. The molecule has 0 saturated heterocycles. The first-order chi connectivity index (χ1) is 6.90. The lowest BCUT2D eigenvalue weighted by molar-refractivity contribution is 0.259. The van der Waals surface area contributed by atoms with Crippen LogP contribution in [0.2, 0.25) is 0 Å². The predicted octanol–water partition coefficient (Wildman–Crippen LogP) is 4.76. The van der Waals surface area contributed by atoms with Gasteiger partial charge in [-0.3, -0.25) is 0 Å². The molecule has 0 rings (SSSR count). The molecule has 0 fully saturated rings. The lowest BCUT2D eigenvalue weighted by Gasteiger charge is -2.31. The van der Waals surface area contributed by atoms with Crippen molar-refractivity contribution in [1.82, 2.24) is 0 Å². The summed E-state index contributed by atoms with van der Waals surface area (Å²) in [5.41, 5.74) is 0.885. The van der Waals surface area contributed by atoms with Crippen molar-refractivity contribution in [2.24, 2.45) is 23.7 Å². The molecule has 0 aromatic carbocycles. The summed E-state index contributed by atoms with van der Waals surface area (Å²) in [6, 6.07) is 0. The second kappa shape index (κ2) is 7.03. The predicted molar refractivity (Wildman–Crippen MR) is 69.6 cm³/mol.